The second-order valence-corrected chi connectivity index (χ2v) is 14.2. The smallest absolute Gasteiger partial charge is 0.203 e. The highest BCUT2D eigenvalue weighted by Crippen LogP contribution is 2.63. The number of aromatic hydroxyl groups is 1. The molecule has 3 aliphatic carbocycles. The minimum absolute atomic E-state index is 0.0738. The first-order valence-electron chi connectivity index (χ1n) is 14.6. The molecule has 0 aliphatic heterocycles. The van der Waals surface area contributed by atoms with E-state index in [2.05, 4.69) is 20.8 Å². The van der Waals surface area contributed by atoms with Gasteiger partial charge in [0.15, 0.2) is 17.2 Å². The van der Waals surface area contributed by atoms with Crippen LogP contribution in [0.2, 0.25) is 0 Å². The van der Waals surface area contributed by atoms with Crippen molar-refractivity contribution in [2.45, 2.75) is 85.7 Å². The number of carbonyl (C=O) groups is 3. The van der Waals surface area contributed by atoms with Gasteiger partial charge >= 0.3 is 0 Å². The number of phenols is 1. The Morgan fingerprint density at radius 2 is 1.64 bits per heavy atom. The molecule has 0 saturated heterocycles. The molecule has 3 aliphatic rings. The van der Waals surface area contributed by atoms with E-state index in [4.69, 9.17) is 0 Å². The van der Waals surface area contributed by atoms with Crippen molar-refractivity contribution in [1.82, 2.24) is 0 Å². The van der Waals surface area contributed by atoms with Crippen molar-refractivity contribution in [1.29, 1.82) is 0 Å². The number of Topliss-reactive ketones (excluding diaryl/α,β-unsaturated/α-hetero) is 3. The summed E-state index contributed by atoms with van der Waals surface area (Å²) in [6.45, 7) is 10.9. The largest absolute Gasteiger partial charge is 0.508 e. The molecule has 0 radical (unpaired) electrons. The van der Waals surface area contributed by atoms with Crippen LogP contribution in [-0.2, 0) is 27.2 Å². The summed E-state index contributed by atoms with van der Waals surface area (Å²) in [5.74, 6) is -3.84. The Morgan fingerprint density at radius 1 is 1.00 bits per heavy atom. The standard InChI is InChI=1S/C35H40O7/c1-19(36)25-24(37)17-34(6)18-33(5)16-23-22(20-11-8-7-9-12-20)15-21(13-10-14-32(2,3)4)28(38)26(23)29(39)27(33)31(41)35(34,42)30(25)40/h7-9,11-12,15,38-40,42H,10,13-14,16-18H2,1-6H3/t33-,34+,35?/m0/s1. The van der Waals surface area contributed by atoms with Gasteiger partial charge in [-0.15, -0.1) is 0 Å². The van der Waals surface area contributed by atoms with Crippen LogP contribution in [0.3, 0.4) is 0 Å². The molecule has 0 aromatic heterocycles. The van der Waals surface area contributed by atoms with Crippen LogP contribution in [0.25, 0.3) is 16.9 Å². The molecule has 0 spiro atoms. The molecule has 5 rings (SSSR count). The molecule has 0 bridgehead atoms. The molecule has 7 nitrogen and oxygen atoms in total. The number of ketones is 3. The Balaban J connectivity index is 1.76. The van der Waals surface area contributed by atoms with E-state index >= 15 is 0 Å². The van der Waals surface area contributed by atoms with E-state index in [9.17, 15) is 34.8 Å². The normalized spacial score (nSPS) is 27.5. The number of allylic oxidation sites excluding steroid dienone is 1. The van der Waals surface area contributed by atoms with E-state index < -0.39 is 50.9 Å². The number of aliphatic hydroxyl groups excluding tert-OH is 2. The van der Waals surface area contributed by atoms with Gasteiger partial charge in [-0.2, -0.15) is 0 Å². The summed E-state index contributed by atoms with van der Waals surface area (Å²) in [4.78, 5) is 39.6. The van der Waals surface area contributed by atoms with Gasteiger partial charge in [0, 0.05) is 22.8 Å². The maximum absolute atomic E-state index is 14.3. The van der Waals surface area contributed by atoms with Crippen LogP contribution < -0.4 is 0 Å². The van der Waals surface area contributed by atoms with Crippen LogP contribution in [0.5, 0.6) is 5.75 Å². The summed E-state index contributed by atoms with van der Waals surface area (Å²) in [7, 11) is 0. The lowest BCUT2D eigenvalue weighted by Crippen LogP contribution is -2.65. The molecule has 0 heterocycles. The topological polar surface area (TPSA) is 132 Å². The summed E-state index contributed by atoms with van der Waals surface area (Å²) in [5.41, 5.74) is -2.43. The Bertz CT molecular complexity index is 1590. The Labute approximate surface area is 246 Å². The quantitative estimate of drug-likeness (QED) is 0.307. The van der Waals surface area contributed by atoms with E-state index in [0.717, 1.165) is 30.9 Å². The van der Waals surface area contributed by atoms with Crippen LogP contribution in [0, 0.1) is 16.2 Å². The molecule has 1 unspecified atom stereocenters. The molecule has 1 fully saturated rings. The van der Waals surface area contributed by atoms with Crippen molar-refractivity contribution < 1.29 is 34.8 Å². The van der Waals surface area contributed by atoms with Gasteiger partial charge in [-0.05, 0) is 72.8 Å². The third kappa shape index (κ3) is 4.32. The third-order valence-corrected chi connectivity index (χ3v) is 9.56. The van der Waals surface area contributed by atoms with Crippen LogP contribution in [-0.4, -0.2) is 43.4 Å². The zero-order chi connectivity index (χ0) is 31.0. The maximum atomic E-state index is 14.3. The molecule has 1 saturated carbocycles. The molecule has 2 aromatic rings. The fourth-order valence-corrected chi connectivity index (χ4v) is 7.65. The summed E-state index contributed by atoms with van der Waals surface area (Å²) in [6.07, 6.45) is 2.29. The SMILES string of the molecule is CC(=O)C1=C(O)C2(O)C(=O)C3=C(O)c4c(O)c(CCCC(C)(C)C)cc(-c5ccccc5)c4C[C@@]3(C)C[C@@]2(C)CC1=O. The van der Waals surface area contributed by atoms with Crippen molar-refractivity contribution in [3.8, 4) is 16.9 Å². The average Bonchev–Trinajstić information content (AvgIpc) is 2.87. The van der Waals surface area contributed by atoms with Gasteiger partial charge in [-0.3, -0.25) is 14.4 Å². The highest BCUT2D eigenvalue weighted by atomic mass is 16.3. The first-order chi connectivity index (χ1) is 19.4. The van der Waals surface area contributed by atoms with E-state index in [1.807, 2.05) is 36.4 Å². The maximum Gasteiger partial charge on any atom is 0.203 e. The Morgan fingerprint density at radius 3 is 2.24 bits per heavy atom. The van der Waals surface area contributed by atoms with Crippen molar-refractivity contribution in [3.63, 3.8) is 0 Å². The van der Waals surface area contributed by atoms with Crippen molar-refractivity contribution in [2.24, 2.45) is 16.2 Å². The summed E-state index contributed by atoms with van der Waals surface area (Å²) in [6, 6.07) is 11.6. The van der Waals surface area contributed by atoms with Gasteiger partial charge in [0.25, 0.3) is 0 Å². The minimum Gasteiger partial charge on any atom is -0.508 e. The highest BCUT2D eigenvalue weighted by Gasteiger charge is 2.68. The highest BCUT2D eigenvalue weighted by molar-refractivity contribution is 6.23. The number of hydrogen-bond donors (Lipinski definition) is 4. The van der Waals surface area contributed by atoms with Crippen molar-refractivity contribution in [2.75, 3.05) is 0 Å². The molecule has 7 heteroatoms. The predicted molar refractivity (Wildman–Crippen MR) is 160 cm³/mol. The number of phenolic OH excluding ortho intramolecular Hbond substituents is 1. The second-order valence-electron chi connectivity index (χ2n) is 14.2. The van der Waals surface area contributed by atoms with E-state index in [0.29, 0.717) is 17.5 Å². The molecular weight excluding hydrogens is 532 g/mol. The summed E-state index contributed by atoms with van der Waals surface area (Å²) in [5, 5.41) is 46.5. The number of aliphatic hydroxyl groups is 3. The third-order valence-electron chi connectivity index (χ3n) is 9.56. The second kappa shape index (κ2) is 9.66. The Hall–Kier alpha value is -3.71. The molecule has 42 heavy (non-hydrogen) atoms. The fraction of sp³-hybridized carbons (Fsp3) is 0.457. The first-order valence-corrected chi connectivity index (χ1v) is 14.6. The van der Waals surface area contributed by atoms with Crippen LogP contribution in [0.1, 0.15) is 83.9 Å². The van der Waals surface area contributed by atoms with Gasteiger partial charge in [0.1, 0.15) is 22.8 Å². The molecule has 4 N–H and O–H groups in total. The summed E-state index contributed by atoms with van der Waals surface area (Å²) >= 11 is 0. The number of fused-ring (bicyclic) bond motifs is 3. The lowest BCUT2D eigenvalue weighted by Gasteiger charge is -2.56. The molecule has 0 amide bonds. The van der Waals surface area contributed by atoms with Gasteiger partial charge in [-0.1, -0.05) is 65.0 Å². The van der Waals surface area contributed by atoms with Gasteiger partial charge in [0.05, 0.1) is 5.56 Å². The zero-order valence-corrected chi connectivity index (χ0v) is 25.2. The minimum atomic E-state index is -2.58. The van der Waals surface area contributed by atoms with Crippen LogP contribution in [0.4, 0.5) is 0 Å². The lowest BCUT2D eigenvalue weighted by molar-refractivity contribution is -0.164. The predicted octanol–water partition coefficient (Wildman–Crippen LogP) is 6.34. The van der Waals surface area contributed by atoms with Crippen molar-refractivity contribution >= 4 is 23.1 Å². The van der Waals surface area contributed by atoms with Crippen LogP contribution in [0.15, 0.2) is 53.3 Å². The van der Waals surface area contributed by atoms with Gasteiger partial charge in [-0.25, -0.2) is 0 Å². The molecular formula is C35H40O7. The van der Waals surface area contributed by atoms with Crippen molar-refractivity contribution in [3.05, 3.63) is 70.0 Å². The van der Waals surface area contributed by atoms with E-state index in [1.165, 1.54) is 0 Å². The number of rotatable bonds is 5. The average molecular weight is 573 g/mol. The number of aryl methyl sites for hydroxylation is 1. The van der Waals surface area contributed by atoms with Gasteiger partial charge in [0.2, 0.25) is 5.78 Å². The van der Waals surface area contributed by atoms with Crippen LogP contribution >= 0.6 is 0 Å². The van der Waals surface area contributed by atoms with Gasteiger partial charge < -0.3 is 20.4 Å². The summed E-state index contributed by atoms with van der Waals surface area (Å²) < 4.78 is 0. The van der Waals surface area contributed by atoms with E-state index in [1.54, 1.807) is 13.8 Å². The number of hydrogen-bond acceptors (Lipinski definition) is 7. The van der Waals surface area contributed by atoms with E-state index in [-0.39, 0.29) is 41.6 Å². The Kier molecular flexibility index (Phi) is 6.85. The number of benzene rings is 2. The zero-order valence-electron chi connectivity index (χ0n) is 25.2. The lowest BCUT2D eigenvalue weighted by atomic mass is 9.47. The molecule has 3 atom stereocenters. The molecule has 2 aromatic carbocycles. The fourth-order valence-electron chi connectivity index (χ4n) is 7.65. The first kappa shape index (κ1) is 29.8. The number of carbonyl (C=O) groups excluding carboxylic acids is 3. The molecule has 222 valence electrons. The monoisotopic (exact) mass is 572 g/mol.